The Morgan fingerprint density at radius 3 is 2.87 bits per heavy atom. The summed E-state index contributed by atoms with van der Waals surface area (Å²) >= 11 is 4.41. The van der Waals surface area contributed by atoms with Crippen LogP contribution < -0.4 is 5.32 Å². The first-order valence-corrected chi connectivity index (χ1v) is 11.7. The highest BCUT2D eigenvalue weighted by molar-refractivity contribution is 7.81. The predicted octanol–water partition coefficient (Wildman–Crippen LogP) is 3.61. The Labute approximate surface area is 189 Å². The van der Waals surface area contributed by atoms with Gasteiger partial charge >= 0.3 is 0 Å². The molecule has 31 heavy (non-hydrogen) atoms. The number of amides is 1. The quantitative estimate of drug-likeness (QED) is 0.411. The average molecular weight is 447 g/mol. The van der Waals surface area contributed by atoms with Crippen LogP contribution in [0.15, 0.2) is 23.4 Å². The van der Waals surface area contributed by atoms with Crippen LogP contribution >= 0.6 is 12.6 Å². The maximum atomic E-state index is 12.1. The number of aromatic hydroxyl groups is 1. The largest absolute Gasteiger partial charge is 0.508 e. The Balaban J connectivity index is 1.54. The highest BCUT2D eigenvalue weighted by Crippen LogP contribution is 2.61. The molecule has 3 aliphatic carbocycles. The SMILES string of the molecule is CC(C)(S)CNC(=O)CON=C1C[C@@H]2[C@H](CC[C@]3(C)[C@@H](O)CC[C@@H]23)c2ccc(O)cc21. The van der Waals surface area contributed by atoms with Crippen molar-refractivity contribution in [1.29, 1.82) is 0 Å². The molecule has 6 nitrogen and oxygen atoms in total. The van der Waals surface area contributed by atoms with Gasteiger partial charge in [0.2, 0.25) is 0 Å². The lowest BCUT2D eigenvalue weighted by molar-refractivity contribution is -0.125. The lowest BCUT2D eigenvalue weighted by atomic mass is 9.55. The van der Waals surface area contributed by atoms with Crippen LogP contribution in [-0.4, -0.2) is 45.8 Å². The summed E-state index contributed by atoms with van der Waals surface area (Å²) in [6.45, 7) is 6.38. The number of phenols is 1. The van der Waals surface area contributed by atoms with Crippen LogP contribution in [0.4, 0.5) is 0 Å². The normalized spacial score (nSPS) is 33.4. The van der Waals surface area contributed by atoms with Gasteiger partial charge in [0.1, 0.15) is 5.75 Å². The molecule has 0 heterocycles. The number of fused-ring (bicyclic) bond motifs is 5. The number of hydrogen-bond donors (Lipinski definition) is 4. The summed E-state index contributed by atoms with van der Waals surface area (Å²) < 4.78 is -0.296. The molecule has 1 aromatic rings. The van der Waals surface area contributed by atoms with Gasteiger partial charge in [0, 0.05) is 16.9 Å². The van der Waals surface area contributed by atoms with Crippen molar-refractivity contribution in [2.24, 2.45) is 22.4 Å². The minimum Gasteiger partial charge on any atom is -0.508 e. The molecule has 0 saturated heterocycles. The number of aliphatic hydroxyl groups is 1. The summed E-state index contributed by atoms with van der Waals surface area (Å²) in [6.07, 6.45) is 4.43. The summed E-state index contributed by atoms with van der Waals surface area (Å²) in [5, 5.41) is 27.9. The number of hydrogen-bond acceptors (Lipinski definition) is 6. The lowest BCUT2D eigenvalue weighted by Gasteiger charge is -2.50. The number of carbonyl (C=O) groups excluding carboxylic acids is 1. The third kappa shape index (κ3) is 4.44. The van der Waals surface area contributed by atoms with E-state index in [1.165, 1.54) is 5.56 Å². The van der Waals surface area contributed by atoms with Crippen molar-refractivity contribution < 1.29 is 19.8 Å². The van der Waals surface area contributed by atoms with Gasteiger partial charge in [-0.1, -0.05) is 18.1 Å². The molecule has 4 rings (SSSR count). The summed E-state index contributed by atoms with van der Waals surface area (Å²) in [7, 11) is 0. The van der Waals surface area contributed by atoms with E-state index in [0.29, 0.717) is 24.3 Å². The number of carbonyl (C=O) groups is 1. The smallest absolute Gasteiger partial charge is 0.260 e. The Morgan fingerprint density at radius 1 is 1.35 bits per heavy atom. The molecule has 7 heteroatoms. The van der Waals surface area contributed by atoms with E-state index in [1.54, 1.807) is 12.1 Å². The fourth-order valence-corrected chi connectivity index (χ4v) is 6.08. The number of aliphatic hydroxyl groups excluding tert-OH is 1. The maximum Gasteiger partial charge on any atom is 0.260 e. The van der Waals surface area contributed by atoms with Crippen LogP contribution in [0.25, 0.3) is 0 Å². The molecule has 0 aromatic heterocycles. The van der Waals surface area contributed by atoms with Crippen molar-refractivity contribution in [3.8, 4) is 5.75 Å². The van der Waals surface area contributed by atoms with E-state index < -0.39 is 0 Å². The molecule has 2 saturated carbocycles. The van der Waals surface area contributed by atoms with E-state index in [4.69, 9.17) is 4.84 Å². The number of rotatable bonds is 5. The third-order valence-corrected chi connectivity index (χ3v) is 7.81. The van der Waals surface area contributed by atoms with E-state index in [-0.39, 0.29) is 34.5 Å². The van der Waals surface area contributed by atoms with Crippen molar-refractivity contribution in [3.63, 3.8) is 0 Å². The average Bonchev–Trinajstić information content (AvgIpc) is 3.01. The van der Waals surface area contributed by atoms with Gasteiger partial charge in [0.25, 0.3) is 5.91 Å². The minimum absolute atomic E-state index is 0.0406. The summed E-state index contributed by atoms with van der Waals surface area (Å²) in [5.41, 5.74) is 2.85. The van der Waals surface area contributed by atoms with Crippen LogP contribution in [0.5, 0.6) is 5.75 Å². The summed E-state index contributed by atoms with van der Waals surface area (Å²) in [5.74, 6) is 1.19. The first-order valence-electron chi connectivity index (χ1n) is 11.3. The number of thiol groups is 1. The number of benzene rings is 1. The molecule has 3 aliphatic rings. The zero-order valence-electron chi connectivity index (χ0n) is 18.6. The molecular weight excluding hydrogens is 412 g/mol. The molecule has 1 amide bonds. The van der Waals surface area contributed by atoms with E-state index in [1.807, 2.05) is 19.9 Å². The van der Waals surface area contributed by atoms with Gasteiger partial charge in [0.05, 0.1) is 11.8 Å². The standard InChI is InChI=1S/C24H34N2O4S/c1-23(2,31)13-25-22(29)12-30-26-20-11-17-16(15-5-4-14(27)10-18(15)20)8-9-24(3)19(17)6-7-21(24)28/h4-5,10,16-17,19,21,27-28,31H,6-9,11-13H2,1-3H3,(H,25,29)/t16-,17-,19+,21+,24+/m1/s1. The van der Waals surface area contributed by atoms with E-state index in [0.717, 1.165) is 43.4 Å². The van der Waals surface area contributed by atoms with E-state index in [2.05, 4.69) is 30.0 Å². The predicted molar refractivity (Wildman–Crippen MR) is 124 cm³/mol. The monoisotopic (exact) mass is 446 g/mol. The zero-order chi connectivity index (χ0) is 22.4. The number of nitrogens with zero attached hydrogens (tertiary/aromatic N) is 1. The second-order valence-corrected chi connectivity index (χ2v) is 11.6. The maximum absolute atomic E-state index is 12.1. The van der Waals surface area contributed by atoms with Crippen LogP contribution in [0.3, 0.4) is 0 Å². The highest BCUT2D eigenvalue weighted by atomic mass is 32.1. The van der Waals surface area contributed by atoms with Crippen molar-refractivity contribution in [3.05, 3.63) is 29.3 Å². The van der Waals surface area contributed by atoms with Gasteiger partial charge in [-0.3, -0.25) is 4.79 Å². The minimum atomic E-state index is -0.296. The Hall–Kier alpha value is -1.73. The second-order valence-electron chi connectivity index (χ2n) is 10.4. The van der Waals surface area contributed by atoms with Gasteiger partial charge in [-0.15, -0.1) is 0 Å². The van der Waals surface area contributed by atoms with Crippen molar-refractivity contribution in [2.45, 2.75) is 69.6 Å². The van der Waals surface area contributed by atoms with Gasteiger partial charge in [-0.2, -0.15) is 12.6 Å². The molecule has 5 atom stereocenters. The second kappa shape index (κ2) is 8.32. The van der Waals surface area contributed by atoms with Crippen molar-refractivity contribution in [2.75, 3.05) is 13.2 Å². The first kappa shape index (κ1) is 22.5. The third-order valence-electron chi connectivity index (χ3n) is 7.65. The number of nitrogens with one attached hydrogen (secondary N) is 1. The zero-order valence-corrected chi connectivity index (χ0v) is 19.5. The van der Waals surface area contributed by atoms with Crippen LogP contribution in [0.1, 0.15) is 69.9 Å². The molecule has 170 valence electrons. The number of oxime groups is 1. The molecule has 1 aromatic carbocycles. The molecule has 0 unspecified atom stereocenters. The highest BCUT2D eigenvalue weighted by Gasteiger charge is 2.55. The van der Waals surface area contributed by atoms with Crippen LogP contribution in [0, 0.1) is 17.3 Å². The fourth-order valence-electron chi connectivity index (χ4n) is 6.00. The fraction of sp³-hybridized carbons (Fsp3) is 0.667. The van der Waals surface area contributed by atoms with Crippen LogP contribution in [0.2, 0.25) is 0 Å². The Bertz CT molecular complexity index is 881. The van der Waals surface area contributed by atoms with Gasteiger partial charge in [-0.05, 0) is 86.8 Å². The lowest BCUT2D eigenvalue weighted by Crippen LogP contribution is -2.45. The summed E-state index contributed by atoms with van der Waals surface area (Å²) in [6, 6.07) is 5.50. The first-order chi connectivity index (χ1) is 14.6. The van der Waals surface area contributed by atoms with E-state index in [9.17, 15) is 15.0 Å². The molecule has 0 bridgehead atoms. The van der Waals surface area contributed by atoms with Crippen LogP contribution in [-0.2, 0) is 9.63 Å². The topological polar surface area (TPSA) is 91.2 Å². The van der Waals surface area contributed by atoms with Crippen molar-refractivity contribution in [1.82, 2.24) is 5.32 Å². The molecule has 3 N–H and O–H groups in total. The van der Waals surface area contributed by atoms with Gasteiger partial charge < -0.3 is 20.4 Å². The molecule has 0 aliphatic heterocycles. The Morgan fingerprint density at radius 2 is 2.13 bits per heavy atom. The van der Waals surface area contributed by atoms with E-state index >= 15 is 0 Å². The molecule has 0 radical (unpaired) electrons. The van der Waals surface area contributed by atoms with Crippen molar-refractivity contribution >= 4 is 24.2 Å². The number of phenolic OH excluding ortho intramolecular Hbond substituents is 1. The van der Waals surface area contributed by atoms with Gasteiger partial charge in [-0.25, -0.2) is 0 Å². The Kier molecular flexibility index (Phi) is 6.03. The molecule has 2 fully saturated rings. The molecular formula is C24H34N2O4S. The molecule has 0 spiro atoms. The summed E-state index contributed by atoms with van der Waals surface area (Å²) in [4.78, 5) is 17.5. The van der Waals surface area contributed by atoms with Gasteiger partial charge in [0.15, 0.2) is 6.61 Å².